The minimum absolute atomic E-state index is 0.160. The molecule has 2 aromatic carbocycles. The summed E-state index contributed by atoms with van der Waals surface area (Å²) in [5.74, 6) is 1.31. The number of carbonyl (C=O) groups is 2. The topological polar surface area (TPSA) is 124 Å². The second-order valence-corrected chi connectivity index (χ2v) is 5.96. The van der Waals surface area contributed by atoms with Crippen LogP contribution in [0, 0.1) is 0 Å². The van der Waals surface area contributed by atoms with Crippen LogP contribution in [0.15, 0.2) is 36.4 Å². The van der Waals surface area contributed by atoms with Gasteiger partial charge in [0.1, 0.15) is 5.75 Å². The zero-order chi connectivity index (χ0) is 19.9. The standard InChI is InChI=1S/C19H22N4O5/c1-26-15-5-3-12(9-14(15)18(24)21-8-2-7-20)22-19(25)23-13-4-6-16-17(10-13)28-11-27-16/h3-6,9-10H,2,7-8,11,20H2,1H3,(H,21,24)(H2,22,23,25). The molecule has 1 aliphatic heterocycles. The van der Waals surface area contributed by atoms with Gasteiger partial charge in [-0.1, -0.05) is 0 Å². The second-order valence-electron chi connectivity index (χ2n) is 5.96. The lowest BCUT2D eigenvalue weighted by Crippen LogP contribution is -2.26. The number of anilines is 2. The fraction of sp³-hybridized carbons (Fsp3) is 0.263. The molecule has 0 unspecified atom stereocenters. The molecule has 28 heavy (non-hydrogen) atoms. The van der Waals surface area contributed by atoms with E-state index in [0.29, 0.717) is 53.7 Å². The predicted molar refractivity (Wildman–Crippen MR) is 104 cm³/mol. The first-order chi connectivity index (χ1) is 13.6. The number of nitrogens with two attached hydrogens (primary N) is 1. The van der Waals surface area contributed by atoms with Gasteiger partial charge in [0.25, 0.3) is 5.91 Å². The SMILES string of the molecule is COc1ccc(NC(=O)Nc2ccc3c(c2)OCO3)cc1C(=O)NCCCN. The molecular weight excluding hydrogens is 364 g/mol. The molecule has 148 valence electrons. The number of methoxy groups -OCH3 is 1. The quantitative estimate of drug-likeness (QED) is 0.541. The van der Waals surface area contributed by atoms with E-state index in [1.54, 1.807) is 36.4 Å². The number of rotatable bonds is 7. The first-order valence-corrected chi connectivity index (χ1v) is 8.74. The Bertz CT molecular complexity index is 871. The average molecular weight is 386 g/mol. The molecule has 0 aromatic heterocycles. The highest BCUT2D eigenvalue weighted by Crippen LogP contribution is 2.34. The van der Waals surface area contributed by atoms with Gasteiger partial charge in [-0.15, -0.1) is 0 Å². The molecule has 0 saturated heterocycles. The average Bonchev–Trinajstić information content (AvgIpc) is 3.15. The highest BCUT2D eigenvalue weighted by molar-refractivity contribution is 6.02. The first kappa shape index (κ1) is 19.3. The molecule has 9 heteroatoms. The summed E-state index contributed by atoms with van der Waals surface area (Å²) in [6, 6.07) is 9.45. The Hall–Kier alpha value is -3.46. The van der Waals surface area contributed by atoms with Gasteiger partial charge >= 0.3 is 6.03 Å². The van der Waals surface area contributed by atoms with Crippen molar-refractivity contribution in [2.24, 2.45) is 5.73 Å². The number of hydrogen-bond acceptors (Lipinski definition) is 6. The van der Waals surface area contributed by atoms with Gasteiger partial charge in [0, 0.05) is 24.0 Å². The Morgan fingerprint density at radius 2 is 1.79 bits per heavy atom. The van der Waals surface area contributed by atoms with E-state index in [4.69, 9.17) is 19.9 Å². The van der Waals surface area contributed by atoms with Crippen LogP contribution in [0.1, 0.15) is 16.8 Å². The zero-order valence-electron chi connectivity index (χ0n) is 15.4. The number of carbonyl (C=O) groups excluding carboxylic acids is 2. The number of ether oxygens (including phenoxy) is 3. The van der Waals surface area contributed by atoms with Crippen LogP contribution in [0.3, 0.4) is 0 Å². The maximum Gasteiger partial charge on any atom is 0.323 e. The summed E-state index contributed by atoms with van der Waals surface area (Å²) in [6.45, 7) is 1.10. The molecule has 1 heterocycles. The van der Waals surface area contributed by atoms with Gasteiger partial charge < -0.3 is 35.9 Å². The van der Waals surface area contributed by atoms with E-state index in [-0.39, 0.29) is 12.7 Å². The summed E-state index contributed by atoms with van der Waals surface area (Å²) in [5, 5.41) is 8.17. The lowest BCUT2D eigenvalue weighted by molar-refractivity contribution is 0.0950. The van der Waals surface area contributed by atoms with Crippen LogP contribution in [-0.4, -0.2) is 38.9 Å². The summed E-state index contributed by atoms with van der Waals surface area (Å²) in [6.07, 6.45) is 0.671. The van der Waals surface area contributed by atoms with Crippen molar-refractivity contribution in [2.75, 3.05) is 37.6 Å². The fourth-order valence-corrected chi connectivity index (χ4v) is 2.63. The van der Waals surface area contributed by atoms with Crippen LogP contribution >= 0.6 is 0 Å². The van der Waals surface area contributed by atoms with Crippen LogP contribution in [0.25, 0.3) is 0 Å². The van der Waals surface area contributed by atoms with Crippen molar-refractivity contribution < 1.29 is 23.8 Å². The van der Waals surface area contributed by atoms with Crippen molar-refractivity contribution >= 4 is 23.3 Å². The molecule has 2 aromatic rings. The van der Waals surface area contributed by atoms with Gasteiger partial charge in [-0.2, -0.15) is 0 Å². The van der Waals surface area contributed by atoms with Crippen LogP contribution in [0.5, 0.6) is 17.2 Å². The molecule has 0 saturated carbocycles. The summed E-state index contributed by atoms with van der Waals surface area (Å²) in [7, 11) is 1.48. The van der Waals surface area contributed by atoms with E-state index in [0.717, 1.165) is 0 Å². The molecule has 0 aliphatic carbocycles. The molecular formula is C19H22N4O5. The second kappa shape index (κ2) is 8.96. The first-order valence-electron chi connectivity index (χ1n) is 8.74. The molecule has 5 N–H and O–H groups in total. The van der Waals surface area contributed by atoms with E-state index >= 15 is 0 Å². The van der Waals surface area contributed by atoms with E-state index in [1.165, 1.54) is 7.11 Å². The molecule has 0 fully saturated rings. The van der Waals surface area contributed by atoms with Gasteiger partial charge in [0.15, 0.2) is 11.5 Å². The summed E-state index contributed by atoms with van der Waals surface area (Å²) < 4.78 is 15.8. The summed E-state index contributed by atoms with van der Waals surface area (Å²) in [4.78, 5) is 24.6. The van der Waals surface area contributed by atoms with Gasteiger partial charge in [-0.25, -0.2) is 4.79 Å². The summed E-state index contributed by atoms with van der Waals surface area (Å²) >= 11 is 0. The Morgan fingerprint density at radius 3 is 2.54 bits per heavy atom. The van der Waals surface area contributed by atoms with Crippen molar-refractivity contribution in [3.8, 4) is 17.2 Å². The number of nitrogens with one attached hydrogen (secondary N) is 3. The minimum Gasteiger partial charge on any atom is -0.496 e. The van der Waals surface area contributed by atoms with Gasteiger partial charge in [0.2, 0.25) is 6.79 Å². The fourth-order valence-electron chi connectivity index (χ4n) is 2.63. The molecule has 3 rings (SSSR count). The number of urea groups is 1. The van der Waals surface area contributed by atoms with Gasteiger partial charge in [0.05, 0.1) is 12.7 Å². The lowest BCUT2D eigenvalue weighted by Gasteiger charge is -2.12. The number of fused-ring (bicyclic) bond motifs is 1. The third-order valence-electron chi connectivity index (χ3n) is 4.00. The smallest absolute Gasteiger partial charge is 0.323 e. The van der Waals surface area contributed by atoms with Crippen molar-refractivity contribution in [3.05, 3.63) is 42.0 Å². The molecule has 0 spiro atoms. The van der Waals surface area contributed by atoms with Crippen LogP contribution in [-0.2, 0) is 0 Å². The van der Waals surface area contributed by atoms with E-state index in [1.807, 2.05) is 0 Å². The molecule has 0 bridgehead atoms. The normalized spacial score (nSPS) is 11.6. The molecule has 0 radical (unpaired) electrons. The predicted octanol–water partition coefficient (Wildman–Crippen LogP) is 2.15. The van der Waals surface area contributed by atoms with Crippen LogP contribution < -0.4 is 35.9 Å². The van der Waals surface area contributed by atoms with Gasteiger partial charge in [-0.3, -0.25) is 4.79 Å². The van der Waals surface area contributed by atoms with Gasteiger partial charge in [-0.05, 0) is 43.3 Å². The van der Waals surface area contributed by atoms with Crippen LogP contribution in [0.2, 0.25) is 0 Å². The third-order valence-corrected chi connectivity index (χ3v) is 4.00. The highest BCUT2D eigenvalue weighted by atomic mass is 16.7. The molecule has 0 atom stereocenters. The maximum atomic E-state index is 12.4. The van der Waals surface area contributed by atoms with E-state index < -0.39 is 6.03 Å². The number of amides is 3. The Kier molecular flexibility index (Phi) is 6.18. The lowest BCUT2D eigenvalue weighted by atomic mass is 10.1. The monoisotopic (exact) mass is 386 g/mol. The van der Waals surface area contributed by atoms with Crippen LogP contribution in [0.4, 0.5) is 16.2 Å². The zero-order valence-corrected chi connectivity index (χ0v) is 15.4. The molecule has 9 nitrogen and oxygen atoms in total. The minimum atomic E-state index is -0.460. The highest BCUT2D eigenvalue weighted by Gasteiger charge is 2.16. The van der Waals surface area contributed by atoms with Crippen molar-refractivity contribution in [3.63, 3.8) is 0 Å². The van der Waals surface area contributed by atoms with Crippen molar-refractivity contribution in [1.82, 2.24) is 5.32 Å². The maximum absolute atomic E-state index is 12.4. The number of benzene rings is 2. The largest absolute Gasteiger partial charge is 0.496 e. The molecule has 3 amide bonds. The number of hydrogen-bond donors (Lipinski definition) is 4. The Morgan fingerprint density at radius 1 is 1.07 bits per heavy atom. The van der Waals surface area contributed by atoms with Crippen molar-refractivity contribution in [1.29, 1.82) is 0 Å². The third kappa shape index (κ3) is 4.63. The Balaban J connectivity index is 1.66. The van der Waals surface area contributed by atoms with Crippen molar-refractivity contribution in [2.45, 2.75) is 6.42 Å². The van der Waals surface area contributed by atoms with E-state index in [9.17, 15) is 9.59 Å². The van der Waals surface area contributed by atoms with E-state index in [2.05, 4.69) is 16.0 Å². The molecule has 1 aliphatic rings. The summed E-state index contributed by atoms with van der Waals surface area (Å²) in [5.41, 5.74) is 6.75. The Labute approximate surface area is 162 Å².